The lowest BCUT2D eigenvalue weighted by atomic mass is 9.70. The van der Waals surface area contributed by atoms with Crippen molar-refractivity contribution >= 4 is 41.6 Å². The largest absolute Gasteiger partial charge is 0.489 e. The Kier molecular flexibility index (Phi) is 4.80. The maximum atomic E-state index is 10.1. The maximum Gasteiger partial charge on any atom is 0.489 e. The van der Waals surface area contributed by atoms with Gasteiger partial charge >= 0.3 is 7.12 Å². The maximum absolute atomic E-state index is 10.1. The molecule has 0 aromatic heterocycles. The number of hydrogen-bond acceptors (Lipinski definition) is 2. The second kappa shape index (κ2) is 7.27. The van der Waals surface area contributed by atoms with Gasteiger partial charge in [-0.1, -0.05) is 80.8 Å². The Bertz CT molecular complexity index is 1130. The molecule has 1 unspecified atom stereocenters. The number of fused-ring (bicyclic) bond motifs is 2. The first kappa shape index (κ1) is 18.5. The zero-order chi connectivity index (χ0) is 19.8. The van der Waals surface area contributed by atoms with Crippen LogP contribution in [0.5, 0.6) is 0 Å². The quantitative estimate of drug-likeness (QED) is 0.639. The van der Waals surface area contributed by atoms with Gasteiger partial charge in [-0.15, -0.1) is 0 Å². The summed E-state index contributed by atoms with van der Waals surface area (Å²) in [5.41, 5.74) is 6.77. The van der Waals surface area contributed by atoms with Gasteiger partial charge in [0.25, 0.3) is 0 Å². The molecule has 0 radical (unpaired) electrons. The second-order valence-corrected chi connectivity index (χ2v) is 7.33. The smallest absolute Gasteiger partial charge is 0.423 e. The lowest BCUT2D eigenvalue weighted by Gasteiger charge is -2.22. The summed E-state index contributed by atoms with van der Waals surface area (Å²) in [6.45, 7) is 10.2. The van der Waals surface area contributed by atoms with Gasteiger partial charge in [0.15, 0.2) is 0 Å². The van der Waals surface area contributed by atoms with Crippen molar-refractivity contribution in [2.24, 2.45) is 0 Å². The van der Waals surface area contributed by atoms with E-state index in [9.17, 15) is 10.0 Å². The fourth-order valence-electron chi connectivity index (χ4n) is 4.38. The molecule has 0 bridgehead atoms. The Morgan fingerprint density at radius 2 is 1.71 bits per heavy atom. The van der Waals surface area contributed by atoms with Crippen molar-refractivity contribution in [3.8, 4) is 11.1 Å². The van der Waals surface area contributed by atoms with Crippen molar-refractivity contribution in [1.29, 1.82) is 0 Å². The molecule has 28 heavy (non-hydrogen) atoms. The summed E-state index contributed by atoms with van der Waals surface area (Å²) < 4.78 is 0. The van der Waals surface area contributed by atoms with Crippen molar-refractivity contribution < 1.29 is 10.0 Å². The highest BCUT2D eigenvalue weighted by molar-refractivity contribution is 6.63. The minimum atomic E-state index is -1.59. The van der Waals surface area contributed by atoms with Crippen LogP contribution < -0.4 is 5.46 Å². The minimum absolute atomic E-state index is 0.468. The molecule has 4 rings (SSSR count). The predicted octanol–water partition coefficient (Wildman–Crippen LogP) is 4.99. The van der Waals surface area contributed by atoms with E-state index in [0.717, 1.165) is 33.9 Å². The first-order valence-electron chi connectivity index (χ1n) is 9.57. The first-order valence-corrected chi connectivity index (χ1v) is 9.57. The number of allylic oxidation sites excluding steroid dienone is 1. The molecule has 1 aliphatic carbocycles. The average molecular weight is 366 g/mol. The summed E-state index contributed by atoms with van der Waals surface area (Å²) in [7, 11) is -1.59. The molecule has 0 fully saturated rings. The van der Waals surface area contributed by atoms with Gasteiger partial charge in [-0.25, -0.2) is 0 Å². The van der Waals surface area contributed by atoms with Crippen LogP contribution in [-0.2, 0) is 0 Å². The molecule has 3 aromatic carbocycles. The topological polar surface area (TPSA) is 40.5 Å². The monoisotopic (exact) mass is 366 g/mol. The normalized spacial score (nSPS) is 15.3. The Morgan fingerprint density at radius 3 is 2.39 bits per heavy atom. The number of benzene rings is 3. The van der Waals surface area contributed by atoms with Crippen LogP contribution in [-0.4, -0.2) is 17.2 Å². The zero-order valence-electron chi connectivity index (χ0n) is 16.0. The van der Waals surface area contributed by atoms with E-state index in [1.165, 1.54) is 11.1 Å². The number of hydrogen-bond donors (Lipinski definition) is 2. The number of rotatable bonds is 4. The van der Waals surface area contributed by atoms with E-state index in [1.807, 2.05) is 24.3 Å². The Hall–Kier alpha value is -2.88. The fraction of sp³-hybridized carbons (Fsp3) is 0.120. The molecule has 0 saturated heterocycles. The molecule has 2 N–H and O–H groups in total. The van der Waals surface area contributed by atoms with Crippen molar-refractivity contribution in [1.82, 2.24) is 0 Å². The third-order valence-corrected chi connectivity index (χ3v) is 5.70. The highest BCUT2D eigenvalue weighted by Crippen LogP contribution is 2.38. The van der Waals surface area contributed by atoms with Crippen LogP contribution in [0.2, 0.25) is 0 Å². The summed E-state index contributed by atoms with van der Waals surface area (Å²) >= 11 is 0. The van der Waals surface area contributed by atoms with Gasteiger partial charge in [0.2, 0.25) is 0 Å². The summed E-state index contributed by atoms with van der Waals surface area (Å²) in [5, 5.41) is 21.9. The molecule has 2 nitrogen and oxygen atoms in total. The molecule has 1 atom stereocenters. The molecule has 0 spiro atoms. The molecule has 3 aromatic rings. The van der Waals surface area contributed by atoms with E-state index in [1.54, 1.807) is 12.2 Å². The van der Waals surface area contributed by atoms with Gasteiger partial charge in [0, 0.05) is 0 Å². The lowest BCUT2D eigenvalue weighted by molar-refractivity contribution is 0.426. The Labute approximate surface area is 166 Å². The molecule has 138 valence electrons. The van der Waals surface area contributed by atoms with Crippen molar-refractivity contribution in [2.75, 3.05) is 0 Å². The van der Waals surface area contributed by atoms with Crippen LogP contribution in [0.15, 0.2) is 61.7 Å². The standard InChI is InChI=1S/C25H23BO2/c1-4-19-20(5-2)25(26(27)28)23-12-7-6-11-22(23)24(19)18-13-14-21-16(3)9-8-10-17(21)15-18/h4-8,10-16,27-28H,1-2,9H2,3H3. The van der Waals surface area contributed by atoms with E-state index >= 15 is 0 Å². The summed E-state index contributed by atoms with van der Waals surface area (Å²) in [5.74, 6) is 0.514. The molecular formula is C25H23BO2. The fourth-order valence-corrected chi connectivity index (χ4v) is 4.38. The molecule has 0 heterocycles. The molecule has 1 aliphatic rings. The minimum Gasteiger partial charge on any atom is -0.423 e. The molecule has 0 aliphatic heterocycles. The summed E-state index contributed by atoms with van der Waals surface area (Å²) in [6.07, 6.45) is 8.94. The van der Waals surface area contributed by atoms with Crippen LogP contribution in [0.4, 0.5) is 0 Å². The molecule has 0 saturated carbocycles. The second-order valence-electron chi connectivity index (χ2n) is 7.33. The van der Waals surface area contributed by atoms with Crippen LogP contribution in [0, 0.1) is 0 Å². The van der Waals surface area contributed by atoms with Crippen molar-refractivity contribution in [3.63, 3.8) is 0 Å². The van der Waals surface area contributed by atoms with Crippen LogP contribution in [0.1, 0.15) is 41.5 Å². The van der Waals surface area contributed by atoms with Gasteiger partial charge in [-0.3, -0.25) is 0 Å². The van der Waals surface area contributed by atoms with E-state index in [2.05, 4.69) is 50.4 Å². The van der Waals surface area contributed by atoms with Gasteiger partial charge in [-0.2, -0.15) is 0 Å². The Balaban J connectivity index is 2.11. The van der Waals surface area contributed by atoms with Crippen LogP contribution in [0.3, 0.4) is 0 Å². The van der Waals surface area contributed by atoms with Gasteiger partial charge < -0.3 is 10.0 Å². The summed E-state index contributed by atoms with van der Waals surface area (Å²) in [4.78, 5) is 0. The van der Waals surface area contributed by atoms with E-state index in [4.69, 9.17) is 0 Å². The van der Waals surface area contributed by atoms with Gasteiger partial charge in [0.05, 0.1) is 0 Å². The van der Waals surface area contributed by atoms with Crippen molar-refractivity contribution in [3.05, 3.63) is 84.0 Å². The average Bonchev–Trinajstić information content (AvgIpc) is 2.71. The van der Waals surface area contributed by atoms with E-state index < -0.39 is 7.12 Å². The SMILES string of the molecule is C=Cc1c(C=C)c(-c2ccc3c(c2)C=CCC3C)c2ccccc2c1B(O)O. The lowest BCUT2D eigenvalue weighted by Crippen LogP contribution is -2.33. The molecule has 3 heteroatoms. The highest BCUT2D eigenvalue weighted by atomic mass is 16.4. The third kappa shape index (κ3) is 2.84. The van der Waals surface area contributed by atoms with Gasteiger partial charge in [-0.05, 0) is 68.0 Å². The van der Waals surface area contributed by atoms with Crippen LogP contribution >= 0.6 is 0 Å². The molecular weight excluding hydrogens is 343 g/mol. The van der Waals surface area contributed by atoms with E-state index in [0.29, 0.717) is 16.9 Å². The van der Waals surface area contributed by atoms with Gasteiger partial charge in [0.1, 0.15) is 0 Å². The third-order valence-electron chi connectivity index (χ3n) is 5.70. The summed E-state index contributed by atoms with van der Waals surface area (Å²) in [6, 6.07) is 14.4. The highest BCUT2D eigenvalue weighted by Gasteiger charge is 2.24. The zero-order valence-corrected chi connectivity index (χ0v) is 16.0. The van der Waals surface area contributed by atoms with E-state index in [-0.39, 0.29) is 0 Å². The molecule has 0 amide bonds. The predicted molar refractivity (Wildman–Crippen MR) is 121 cm³/mol. The van der Waals surface area contributed by atoms with Crippen LogP contribution in [0.25, 0.3) is 40.1 Å². The van der Waals surface area contributed by atoms with Crippen molar-refractivity contribution in [2.45, 2.75) is 19.3 Å². The Morgan fingerprint density at radius 1 is 1.00 bits per heavy atom. The first-order chi connectivity index (χ1) is 13.6.